The van der Waals surface area contributed by atoms with Crippen LogP contribution >= 0.6 is 0 Å². The normalized spacial score (nSPS) is 10.8. The van der Waals surface area contributed by atoms with Gasteiger partial charge in [-0.3, -0.25) is 4.99 Å². The molecule has 2 N–H and O–H groups in total. The zero-order valence-electron chi connectivity index (χ0n) is 16.1. The standard InChI is InChI=1S/C21H19N3O4.Zn/c1-27-17-9-3-6-14(19(17)25)12-23-16-8-5-11-22-21(16)24-13-15-7-4-10-18(28-2)20(15)26;/h3-13,25-26H,1-2H3;/b23-12?,24-13+;. The Morgan fingerprint density at radius 3 is 1.90 bits per heavy atom. The molecule has 0 aliphatic carbocycles. The van der Waals surface area contributed by atoms with Crippen LogP contribution in [0.25, 0.3) is 0 Å². The molecule has 0 aliphatic rings. The molecule has 2 aromatic carbocycles. The summed E-state index contributed by atoms with van der Waals surface area (Å²) in [6.45, 7) is 0. The van der Waals surface area contributed by atoms with Gasteiger partial charge in [-0.05, 0) is 36.4 Å². The minimum absolute atomic E-state index is 0. The third-order valence-electron chi connectivity index (χ3n) is 3.93. The summed E-state index contributed by atoms with van der Waals surface area (Å²) >= 11 is 0. The molecule has 0 spiro atoms. The molecular formula is C21H19N3O4Zn. The molecule has 0 radical (unpaired) electrons. The number of para-hydroxylation sites is 2. The van der Waals surface area contributed by atoms with Gasteiger partial charge in [0.15, 0.2) is 28.8 Å². The van der Waals surface area contributed by atoms with E-state index in [1.54, 1.807) is 54.7 Å². The van der Waals surface area contributed by atoms with Crippen LogP contribution < -0.4 is 9.47 Å². The molecule has 3 aromatic rings. The summed E-state index contributed by atoms with van der Waals surface area (Å²) in [5.41, 5.74) is 1.50. The SMILES string of the molecule is COc1cccc(C=Nc2cccnc2/N=C/c2cccc(OC)c2O)c1O.[Zn]. The Balaban J connectivity index is 0.00000300. The first-order chi connectivity index (χ1) is 13.6. The van der Waals surface area contributed by atoms with E-state index in [1.165, 1.54) is 26.6 Å². The van der Waals surface area contributed by atoms with Crippen molar-refractivity contribution < 1.29 is 39.2 Å². The van der Waals surface area contributed by atoms with Gasteiger partial charge in [0.05, 0.1) is 14.2 Å². The molecule has 29 heavy (non-hydrogen) atoms. The molecule has 0 aliphatic heterocycles. The van der Waals surface area contributed by atoms with Crippen molar-refractivity contribution in [2.75, 3.05) is 14.2 Å². The number of aromatic hydroxyl groups is 2. The van der Waals surface area contributed by atoms with Crippen molar-refractivity contribution in [1.82, 2.24) is 4.98 Å². The van der Waals surface area contributed by atoms with Crippen LogP contribution in [0.1, 0.15) is 11.1 Å². The van der Waals surface area contributed by atoms with Crippen molar-refractivity contribution in [1.29, 1.82) is 0 Å². The second-order valence-corrected chi connectivity index (χ2v) is 5.66. The molecule has 1 heterocycles. The zero-order valence-corrected chi connectivity index (χ0v) is 19.1. The Morgan fingerprint density at radius 2 is 1.34 bits per heavy atom. The van der Waals surface area contributed by atoms with Crippen LogP contribution in [0.3, 0.4) is 0 Å². The number of benzene rings is 2. The fourth-order valence-corrected chi connectivity index (χ4v) is 2.47. The van der Waals surface area contributed by atoms with E-state index in [0.717, 1.165) is 0 Å². The van der Waals surface area contributed by atoms with Gasteiger partial charge in [0.25, 0.3) is 0 Å². The minimum Gasteiger partial charge on any atom is -0.504 e. The van der Waals surface area contributed by atoms with E-state index in [2.05, 4.69) is 15.0 Å². The molecule has 144 valence electrons. The first-order valence-corrected chi connectivity index (χ1v) is 8.39. The molecule has 0 fully saturated rings. The van der Waals surface area contributed by atoms with E-state index in [-0.39, 0.29) is 31.0 Å². The molecule has 0 saturated heterocycles. The number of phenolic OH excluding ortho intramolecular Hbond substituents is 2. The number of nitrogens with zero attached hydrogens (tertiary/aromatic N) is 3. The van der Waals surface area contributed by atoms with Crippen molar-refractivity contribution in [2.24, 2.45) is 9.98 Å². The minimum atomic E-state index is -0.00367. The Hall–Kier alpha value is -3.25. The second-order valence-electron chi connectivity index (χ2n) is 5.66. The molecule has 0 bridgehead atoms. The van der Waals surface area contributed by atoms with Gasteiger partial charge in [0.2, 0.25) is 0 Å². The summed E-state index contributed by atoms with van der Waals surface area (Å²) in [5.74, 6) is 1.09. The van der Waals surface area contributed by atoms with Gasteiger partial charge in [-0.1, -0.05) is 12.1 Å². The van der Waals surface area contributed by atoms with Gasteiger partial charge in [0.1, 0.15) is 5.69 Å². The molecule has 0 unspecified atom stereocenters. The van der Waals surface area contributed by atoms with Crippen molar-refractivity contribution in [3.8, 4) is 23.0 Å². The van der Waals surface area contributed by atoms with Crippen LogP contribution in [0.15, 0.2) is 64.7 Å². The first kappa shape index (κ1) is 22.0. The number of hydrogen-bond acceptors (Lipinski definition) is 7. The largest absolute Gasteiger partial charge is 0.504 e. The predicted molar refractivity (Wildman–Crippen MR) is 108 cm³/mol. The Labute approximate surface area is 181 Å². The summed E-state index contributed by atoms with van der Waals surface area (Å²) in [4.78, 5) is 12.9. The third-order valence-corrected chi connectivity index (χ3v) is 3.93. The van der Waals surface area contributed by atoms with Crippen molar-refractivity contribution >= 4 is 23.9 Å². The molecule has 7 nitrogen and oxygen atoms in total. The maximum absolute atomic E-state index is 10.2. The van der Waals surface area contributed by atoms with Crippen LogP contribution in [0, 0.1) is 0 Å². The van der Waals surface area contributed by atoms with E-state index in [1.807, 2.05) is 0 Å². The molecule has 0 atom stereocenters. The van der Waals surface area contributed by atoms with E-state index in [0.29, 0.717) is 34.1 Å². The van der Waals surface area contributed by atoms with Gasteiger partial charge in [-0.15, -0.1) is 0 Å². The quantitative estimate of drug-likeness (QED) is 0.444. The third kappa shape index (κ3) is 5.18. The average molecular weight is 443 g/mol. The molecule has 3 rings (SSSR count). The molecule has 0 amide bonds. The summed E-state index contributed by atoms with van der Waals surface area (Å²) < 4.78 is 10.2. The number of phenols is 2. The first-order valence-electron chi connectivity index (χ1n) is 8.39. The molecular weight excluding hydrogens is 424 g/mol. The molecule has 8 heteroatoms. The van der Waals surface area contributed by atoms with Gasteiger partial charge >= 0.3 is 0 Å². The van der Waals surface area contributed by atoms with Gasteiger partial charge in [0, 0.05) is 49.2 Å². The Bertz CT molecular complexity index is 956. The number of methoxy groups -OCH3 is 2. The van der Waals surface area contributed by atoms with Crippen molar-refractivity contribution in [2.45, 2.75) is 0 Å². The molecule has 0 saturated carbocycles. The average Bonchev–Trinajstić information content (AvgIpc) is 2.73. The summed E-state index contributed by atoms with van der Waals surface area (Å²) in [6.07, 6.45) is 4.60. The second kappa shape index (κ2) is 10.3. The zero-order chi connectivity index (χ0) is 19.9. The van der Waals surface area contributed by atoms with E-state index < -0.39 is 0 Å². The monoisotopic (exact) mass is 441 g/mol. The summed E-state index contributed by atoms with van der Waals surface area (Å²) in [7, 11) is 2.97. The van der Waals surface area contributed by atoms with Crippen LogP contribution in [0.5, 0.6) is 23.0 Å². The number of rotatable bonds is 6. The van der Waals surface area contributed by atoms with Gasteiger partial charge in [-0.2, -0.15) is 0 Å². The summed E-state index contributed by atoms with van der Waals surface area (Å²) in [6, 6.07) is 13.7. The fourth-order valence-electron chi connectivity index (χ4n) is 2.47. The van der Waals surface area contributed by atoms with Crippen LogP contribution in [-0.4, -0.2) is 41.8 Å². The van der Waals surface area contributed by atoms with E-state index >= 15 is 0 Å². The van der Waals surface area contributed by atoms with Crippen molar-refractivity contribution in [3.63, 3.8) is 0 Å². The molecule has 1 aromatic heterocycles. The number of aliphatic imine (C=N–C) groups is 2. The number of aromatic nitrogens is 1. The van der Waals surface area contributed by atoms with Crippen molar-refractivity contribution in [3.05, 3.63) is 65.9 Å². The number of hydrogen-bond donors (Lipinski definition) is 2. The fraction of sp³-hybridized carbons (Fsp3) is 0.0952. The Morgan fingerprint density at radius 1 is 0.793 bits per heavy atom. The topological polar surface area (TPSA) is 96.5 Å². The Kier molecular flexibility index (Phi) is 7.86. The van der Waals surface area contributed by atoms with E-state index in [4.69, 9.17) is 9.47 Å². The van der Waals surface area contributed by atoms with Crippen LogP contribution in [0.2, 0.25) is 0 Å². The number of pyridine rings is 1. The smallest absolute Gasteiger partial charge is 0.178 e. The van der Waals surface area contributed by atoms with Crippen LogP contribution in [-0.2, 0) is 19.5 Å². The van der Waals surface area contributed by atoms with Crippen LogP contribution in [0.4, 0.5) is 11.5 Å². The maximum atomic E-state index is 10.2. The maximum Gasteiger partial charge on any atom is 0.178 e. The predicted octanol–water partition coefficient (Wildman–Crippen LogP) is 4.01. The number of ether oxygens (including phenoxy) is 2. The van der Waals surface area contributed by atoms with E-state index in [9.17, 15) is 10.2 Å². The summed E-state index contributed by atoms with van der Waals surface area (Å²) in [5, 5.41) is 20.3. The van der Waals surface area contributed by atoms with Gasteiger partial charge in [-0.25, -0.2) is 9.98 Å². The van der Waals surface area contributed by atoms with Gasteiger partial charge < -0.3 is 19.7 Å².